The van der Waals surface area contributed by atoms with Gasteiger partial charge in [-0.15, -0.1) is 0 Å². The molecule has 0 unspecified atom stereocenters. The van der Waals surface area contributed by atoms with E-state index in [0.29, 0.717) is 5.57 Å². The van der Waals surface area contributed by atoms with E-state index in [-0.39, 0.29) is 5.12 Å². The Labute approximate surface area is 101 Å². The van der Waals surface area contributed by atoms with E-state index in [4.69, 9.17) is 0 Å². The van der Waals surface area contributed by atoms with Gasteiger partial charge in [-0.1, -0.05) is 37.8 Å². The molecule has 0 atom stereocenters. The van der Waals surface area contributed by atoms with E-state index >= 15 is 0 Å². The van der Waals surface area contributed by atoms with E-state index in [1.54, 1.807) is 0 Å². The third-order valence-corrected chi connectivity index (χ3v) is 3.26. The number of thioether (sulfide) groups is 1. The highest BCUT2D eigenvalue weighted by atomic mass is 32.2. The van der Waals surface area contributed by atoms with E-state index < -0.39 is 0 Å². The number of benzene rings is 1. The summed E-state index contributed by atoms with van der Waals surface area (Å²) in [6.07, 6.45) is 2.79. The summed E-state index contributed by atoms with van der Waals surface area (Å²) in [5.74, 6) is 0. The van der Waals surface area contributed by atoms with E-state index in [0.717, 1.165) is 16.9 Å². The first-order valence-corrected chi connectivity index (χ1v) is 6.12. The summed E-state index contributed by atoms with van der Waals surface area (Å²) in [5.41, 5.74) is 1.63. The molecule has 84 valence electrons. The largest absolute Gasteiger partial charge is 0.281 e. The summed E-state index contributed by atoms with van der Waals surface area (Å²) < 4.78 is 0. The van der Waals surface area contributed by atoms with E-state index in [9.17, 15) is 4.79 Å². The van der Waals surface area contributed by atoms with E-state index in [2.05, 4.69) is 6.58 Å². The van der Waals surface area contributed by atoms with Crippen molar-refractivity contribution in [3.63, 3.8) is 0 Å². The Morgan fingerprint density at radius 3 is 2.50 bits per heavy atom. The quantitative estimate of drug-likeness (QED) is 0.439. The zero-order chi connectivity index (χ0) is 12.0. The second kappa shape index (κ2) is 6.33. The maximum Gasteiger partial charge on any atom is 0.223 e. The molecule has 0 aliphatic carbocycles. The lowest BCUT2D eigenvalue weighted by atomic mass is 10.1. The van der Waals surface area contributed by atoms with Gasteiger partial charge in [0.2, 0.25) is 5.12 Å². The van der Waals surface area contributed by atoms with Crippen molar-refractivity contribution in [2.24, 2.45) is 0 Å². The number of carbonyl (C=O) groups is 1. The summed E-state index contributed by atoms with van der Waals surface area (Å²) in [6, 6.07) is 9.64. The van der Waals surface area contributed by atoms with Crippen LogP contribution in [-0.4, -0.2) is 5.12 Å². The molecule has 0 radical (unpaired) electrons. The summed E-state index contributed by atoms with van der Waals surface area (Å²) in [6.45, 7) is 7.82. The highest BCUT2D eigenvalue weighted by Crippen LogP contribution is 2.25. The Kier molecular flexibility index (Phi) is 5.06. The predicted octanol–water partition coefficient (Wildman–Crippen LogP) is 4.22. The second-order valence-electron chi connectivity index (χ2n) is 3.35. The first-order valence-electron chi connectivity index (χ1n) is 5.30. The lowest BCUT2D eigenvalue weighted by Gasteiger charge is -2.06. The van der Waals surface area contributed by atoms with Crippen molar-refractivity contribution < 1.29 is 4.79 Å². The van der Waals surface area contributed by atoms with Gasteiger partial charge in [-0.2, -0.15) is 0 Å². The van der Waals surface area contributed by atoms with Crippen molar-refractivity contribution >= 4 is 16.9 Å². The number of allylic oxidation sites excluding steroid dienone is 2. The molecule has 1 rings (SSSR count). The fourth-order valence-corrected chi connectivity index (χ4v) is 2.14. The minimum Gasteiger partial charge on any atom is -0.281 e. The van der Waals surface area contributed by atoms with Gasteiger partial charge in [0.1, 0.15) is 0 Å². The lowest BCUT2D eigenvalue weighted by molar-refractivity contribution is -0.107. The van der Waals surface area contributed by atoms with E-state index in [1.165, 1.54) is 11.8 Å². The summed E-state index contributed by atoms with van der Waals surface area (Å²) in [4.78, 5) is 12.9. The van der Waals surface area contributed by atoms with Crippen molar-refractivity contribution in [3.05, 3.63) is 54.1 Å². The Morgan fingerprint density at radius 1 is 1.38 bits per heavy atom. The SMILES string of the molecule is C=C(C(=O)Sc1ccccc1)/C(=C/C)CC. The first-order chi connectivity index (χ1) is 7.69. The minimum atomic E-state index is 0.0288. The Hall–Kier alpha value is -1.28. The molecule has 0 saturated carbocycles. The van der Waals surface area contributed by atoms with E-state index in [1.807, 2.05) is 50.3 Å². The predicted molar refractivity (Wildman–Crippen MR) is 70.5 cm³/mol. The van der Waals surface area contributed by atoms with Gasteiger partial charge >= 0.3 is 0 Å². The molecule has 0 N–H and O–H groups in total. The van der Waals surface area contributed by atoms with Crippen LogP contribution in [0.5, 0.6) is 0 Å². The molecule has 0 bridgehead atoms. The van der Waals surface area contributed by atoms with Gasteiger partial charge in [-0.25, -0.2) is 0 Å². The average Bonchev–Trinajstić information content (AvgIpc) is 2.31. The Bertz CT molecular complexity index is 404. The van der Waals surface area contributed by atoms with Crippen LogP contribution in [-0.2, 0) is 4.79 Å². The summed E-state index contributed by atoms with van der Waals surface area (Å²) in [5, 5.41) is 0.0288. The Balaban J connectivity index is 2.70. The standard InChI is InChI=1S/C14H16OS/c1-4-12(5-2)11(3)14(15)16-13-9-7-6-8-10-13/h4,6-10H,3,5H2,1-2H3/b12-4+. The number of carbonyl (C=O) groups excluding carboxylic acids is 1. The van der Waals surface area contributed by atoms with Gasteiger partial charge in [0.05, 0.1) is 0 Å². The molecule has 1 aromatic carbocycles. The normalized spacial score (nSPS) is 11.2. The molecule has 0 amide bonds. The van der Waals surface area contributed by atoms with Crippen LogP contribution in [0.2, 0.25) is 0 Å². The monoisotopic (exact) mass is 232 g/mol. The van der Waals surface area contributed by atoms with Crippen molar-refractivity contribution in [3.8, 4) is 0 Å². The molecule has 0 aromatic heterocycles. The van der Waals surface area contributed by atoms with Crippen molar-refractivity contribution in [2.75, 3.05) is 0 Å². The molecule has 0 spiro atoms. The zero-order valence-corrected chi connectivity index (χ0v) is 10.5. The van der Waals surface area contributed by atoms with Gasteiger partial charge in [0.15, 0.2) is 0 Å². The molecule has 0 heterocycles. The molecule has 0 saturated heterocycles. The molecule has 0 aliphatic heterocycles. The molecular weight excluding hydrogens is 216 g/mol. The van der Waals surface area contributed by atoms with Crippen LogP contribution >= 0.6 is 11.8 Å². The Morgan fingerprint density at radius 2 is 2.00 bits per heavy atom. The van der Waals surface area contributed by atoms with Crippen LogP contribution in [0, 0.1) is 0 Å². The van der Waals surface area contributed by atoms with Crippen LogP contribution in [0.25, 0.3) is 0 Å². The third kappa shape index (κ3) is 3.38. The summed E-state index contributed by atoms with van der Waals surface area (Å²) >= 11 is 1.23. The summed E-state index contributed by atoms with van der Waals surface area (Å²) in [7, 11) is 0. The van der Waals surface area contributed by atoms with Gasteiger partial charge < -0.3 is 0 Å². The maximum atomic E-state index is 11.9. The molecule has 0 aliphatic rings. The third-order valence-electron chi connectivity index (χ3n) is 2.32. The van der Waals surface area contributed by atoms with Gasteiger partial charge in [-0.3, -0.25) is 4.79 Å². The van der Waals surface area contributed by atoms with Crippen molar-refractivity contribution in [1.82, 2.24) is 0 Å². The first kappa shape index (κ1) is 12.8. The smallest absolute Gasteiger partial charge is 0.223 e. The van der Waals surface area contributed by atoms with Crippen LogP contribution in [0.3, 0.4) is 0 Å². The molecule has 0 fully saturated rings. The topological polar surface area (TPSA) is 17.1 Å². The van der Waals surface area contributed by atoms with Crippen LogP contribution in [0.4, 0.5) is 0 Å². The van der Waals surface area contributed by atoms with Gasteiger partial charge in [0.25, 0.3) is 0 Å². The molecule has 2 heteroatoms. The fraction of sp³-hybridized carbons (Fsp3) is 0.214. The number of hydrogen-bond donors (Lipinski definition) is 0. The van der Waals surface area contributed by atoms with Crippen molar-refractivity contribution in [2.45, 2.75) is 25.2 Å². The lowest BCUT2D eigenvalue weighted by Crippen LogP contribution is -1.98. The molecular formula is C14H16OS. The molecule has 16 heavy (non-hydrogen) atoms. The zero-order valence-electron chi connectivity index (χ0n) is 9.69. The minimum absolute atomic E-state index is 0.0288. The fourth-order valence-electron chi connectivity index (χ4n) is 1.38. The number of rotatable bonds is 4. The average molecular weight is 232 g/mol. The van der Waals surface area contributed by atoms with Crippen molar-refractivity contribution in [1.29, 1.82) is 0 Å². The van der Waals surface area contributed by atoms with Gasteiger partial charge in [0, 0.05) is 10.5 Å². The van der Waals surface area contributed by atoms with Crippen LogP contribution in [0.1, 0.15) is 20.3 Å². The van der Waals surface area contributed by atoms with Gasteiger partial charge in [-0.05, 0) is 42.8 Å². The highest BCUT2D eigenvalue weighted by Gasteiger charge is 2.11. The highest BCUT2D eigenvalue weighted by molar-refractivity contribution is 8.14. The molecule has 1 aromatic rings. The van der Waals surface area contributed by atoms with Crippen LogP contribution in [0.15, 0.2) is 59.0 Å². The van der Waals surface area contributed by atoms with Crippen LogP contribution < -0.4 is 0 Å². The second-order valence-corrected chi connectivity index (χ2v) is 4.39. The molecule has 1 nitrogen and oxygen atoms in total. The number of hydrogen-bond acceptors (Lipinski definition) is 2. The maximum absolute atomic E-state index is 11.9.